The Morgan fingerprint density at radius 3 is 2.68 bits per heavy atom. The lowest BCUT2D eigenvalue weighted by molar-refractivity contribution is 0.0919. The van der Waals surface area contributed by atoms with E-state index in [0.717, 1.165) is 50.3 Å². The lowest BCUT2D eigenvalue weighted by Gasteiger charge is -2.21. The van der Waals surface area contributed by atoms with Crippen LogP contribution in [0.3, 0.4) is 0 Å². The van der Waals surface area contributed by atoms with Gasteiger partial charge in [-0.05, 0) is 69.8 Å². The van der Waals surface area contributed by atoms with E-state index in [9.17, 15) is 4.79 Å². The summed E-state index contributed by atoms with van der Waals surface area (Å²) in [6.07, 6.45) is 5.59. The molecule has 152 valence electrons. The molecule has 1 unspecified atom stereocenters. The van der Waals surface area contributed by atoms with E-state index >= 15 is 0 Å². The Morgan fingerprint density at radius 2 is 2.00 bits per heavy atom. The van der Waals surface area contributed by atoms with Crippen LogP contribution < -0.4 is 10.1 Å². The van der Waals surface area contributed by atoms with Gasteiger partial charge in [-0.1, -0.05) is 0 Å². The molecule has 1 aromatic heterocycles. The molecule has 7 heteroatoms. The summed E-state index contributed by atoms with van der Waals surface area (Å²) < 4.78 is 7.56. The fourth-order valence-electron chi connectivity index (χ4n) is 3.68. The molecule has 1 saturated heterocycles. The minimum Gasteiger partial charge on any atom is -0.496 e. The smallest absolute Gasteiger partial charge is 0.251 e. The number of amides is 1. The van der Waals surface area contributed by atoms with Gasteiger partial charge < -0.3 is 19.5 Å². The van der Waals surface area contributed by atoms with E-state index in [4.69, 9.17) is 4.74 Å². The number of carbonyl (C=O) groups excluding carboxylic acids is 1. The first-order chi connectivity index (χ1) is 13.3. The molecule has 1 amide bonds. The van der Waals surface area contributed by atoms with Gasteiger partial charge in [0, 0.05) is 30.7 Å². The monoisotopic (exact) mass is 385 g/mol. The van der Waals surface area contributed by atoms with Crippen molar-refractivity contribution in [2.24, 2.45) is 5.92 Å². The Balaban J connectivity index is 1.61. The zero-order valence-corrected chi connectivity index (χ0v) is 17.3. The molecule has 0 radical (unpaired) electrons. The summed E-state index contributed by atoms with van der Waals surface area (Å²) in [4.78, 5) is 15.0. The lowest BCUT2D eigenvalue weighted by Crippen LogP contribution is -2.40. The normalized spacial score (nSPS) is 17.6. The summed E-state index contributed by atoms with van der Waals surface area (Å²) in [7, 11) is 1.69. The number of nitrogens with one attached hydrogen (secondary N) is 1. The van der Waals surface area contributed by atoms with Gasteiger partial charge in [0.1, 0.15) is 18.4 Å². The largest absolute Gasteiger partial charge is 0.496 e. The van der Waals surface area contributed by atoms with Crippen molar-refractivity contribution in [1.29, 1.82) is 0 Å². The molecule has 1 N–H and O–H groups in total. The second-order valence-electron chi connectivity index (χ2n) is 8.59. The van der Waals surface area contributed by atoms with Crippen LogP contribution in [-0.4, -0.2) is 57.9 Å². The predicted octanol–water partition coefficient (Wildman–Crippen LogP) is 2.38. The van der Waals surface area contributed by atoms with Crippen LogP contribution in [0.4, 0.5) is 0 Å². The minimum absolute atomic E-state index is 0.0432. The van der Waals surface area contributed by atoms with Crippen LogP contribution >= 0.6 is 0 Å². The zero-order chi connectivity index (χ0) is 20.1. The number of nitrogens with zero attached hydrogens (tertiary/aromatic N) is 4. The minimum atomic E-state index is -0.256. The highest BCUT2D eigenvalue weighted by molar-refractivity contribution is 5.95. The van der Waals surface area contributed by atoms with Crippen molar-refractivity contribution < 1.29 is 9.53 Å². The SMILES string of the molecule is COc1ccc(C(=O)NC(C)(C)C)cc1CC1CCN(CCn2cnnc2)C1. The summed E-state index contributed by atoms with van der Waals surface area (Å²) >= 11 is 0. The van der Waals surface area contributed by atoms with Crippen LogP contribution in [0.2, 0.25) is 0 Å². The molecule has 1 aliphatic rings. The van der Waals surface area contributed by atoms with Crippen LogP contribution in [0.5, 0.6) is 5.75 Å². The molecule has 1 aromatic carbocycles. The van der Waals surface area contributed by atoms with E-state index in [0.29, 0.717) is 11.5 Å². The molecule has 2 heterocycles. The third-order valence-corrected chi connectivity index (χ3v) is 5.05. The third kappa shape index (κ3) is 5.55. The molecule has 0 aliphatic carbocycles. The van der Waals surface area contributed by atoms with Crippen LogP contribution in [0.15, 0.2) is 30.9 Å². The number of likely N-dealkylation sites (tertiary alicyclic amines) is 1. The number of methoxy groups -OCH3 is 1. The quantitative estimate of drug-likeness (QED) is 0.792. The maximum atomic E-state index is 12.5. The van der Waals surface area contributed by atoms with Crippen molar-refractivity contribution in [3.63, 3.8) is 0 Å². The summed E-state index contributed by atoms with van der Waals surface area (Å²) in [5.41, 5.74) is 1.54. The number of aromatic nitrogens is 3. The molecule has 7 nitrogen and oxygen atoms in total. The Kier molecular flexibility index (Phi) is 6.34. The fraction of sp³-hybridized carbons (Fsp3) is 0.571. The number of hydrogen-bond donors (Lipinski definition) is 1. The first-order valence-electron chi connectivity index (χ1n) is 9.88. The van der Waals surface area contributed by atoms with Crippen molar-refractivity contribution in [3.8, 4) is 5.75 Å². The van der Waals surface area contributed by atoms with Crippen molar-refractivity contribution >= 4 is 5.91 Å². The average molecular weight is 386 g/mol. The molecule has 0 bridgehead atoms. The predicted molar refractivity (Wildman–Crippen MR) is 108 cm³/mol. The molecule has 0 spiro atoms. The maximum absolute atomic E-state index is 12.5. The third-order valence-electron chi connectivity index (χ3n) is 5.05. The van der Waals surface area contributed by atoms with Crippen LogP contribution in [-0.2, 0) is 13.0 Å². The van der Waals surface area contributed by atoms with Gasteiger partial charge in [0.15, 0.2) is 0 Å². The summed E-state index contributed by atoms with van der Waals surface area (Å²) in [6, 6.07) is 5.73. The zero-order valence-electron chi connectivity index (χ0n) is 17.3. The van der Waals surface area contributed by atoms with Gasteiger partial charge in [0.25, 0.3) is 5.91 Å². The molecule has 1 aliphatic heterocycles. The number of carbonyl (C=O) groups is 1. The molecular formula is C21H31N5O2. The van der Waals surface area contributed by atoms with Gasteiger partial charge in [-0.15, -0.1) is 10.2 Å². The molecule has 1 fully saturated rings. The second-order valence-corrected chi connectivity index (χ2v) is 8.59. The van der Waals surface area contributed by atoms with E-state index in [1.165, 1.54) is 0 Å². The van der Waals surface area contributed by atoms with Crippen LogP contribution in [0, 0.1) is 5.92 Å². The maximum Gasteiger partial charge on any atom is 0.251 e. The standard InChI is InChI=1S/C21H31N5O2/c1-21(2,3)24-20(27)17-5-6-19(28-4)18(12-17)11-16-7-8-25(13-16)9-10-26-14-22-23-15-26/h5-6,12,14-16H,7-11,13H2,1-4H3,(H,24,27). The Morgan fingerprint density at radius 1 is 1.25 bits per heavy atom. The fourth-order valence-corrected chi connectivity index (χ4v) is 3.68. The lowest BCUT2D eigenvalue weighted by atomic mass is 9.96. The Bertz CT molecular complexity index is 783. The van der Waals surface area contributed by atoms with E-state index in [2.05, 4.69) is 20.4 Å². The van der Waals surface area contributed by atoms with Gasteiger partial charge in [-0.25, -0.2) is 0 Å². The van der Waals surface area contributed by atoms with E-state index < -0.39 is 0 Å². The second kappa shape index (κ2) is 8.73. The van der Waals surface area contributed by atoms with Crippen molar-refractivity contribution in [3.05, 3.63) is 42.0 Å². The van der Waals surface area contributed by atoms with Gasteiger partial charge >= 0.3 is 0 Å². The summed E-state index contributed by atoms with van der Waals surface area (Å²) in [5, 5.41) is 10.7. The van der Waals surface area contributed by atoms with E-state index in [1.807, 2.05) is 43.5 Å². The summed E-state index contributed by atoms with van der Waals surface area (Å²) in [5.74, 6) is 1.38. The number of rotatable bonds is 7. The van der Waals surface area contributed by atoms with Gasteiger partial charge in [-0.2, -0.15) is 0 Å². The molecule has 0 saturated carbocycles. The van der Waals surface area contributed by atoms with Gasteiger partial charge in [0.05, 0.1) is 7.11 Å². The molecule has 2 aromatic rings. The van der Waals surface area contributed by atoms with Crippen molar-refractivity contribution in [1.82, 2.24) is 25.0 Å². The van der Waals surface area contributed by atoms with Crippen molar-refractivity contribution in [2.45, 2.75) is 45.7 Å². The average Bonchev–Trinajstić information content (AvgIpc) is 3.30. The highest BCUT2D eigenvalue weighted by atomic mass is 16.5. The van der Waals surface area contributed by atoms with Crippen LogP contribution in [0.25, 0.3) is 0 Å². The van der Waals surface area contributed by atoms with E-state index in [1.54, 1.807) is 19.8 Å². The van der Waals surface area contributed by atoms with Gasteiger partial charge in [-0.3, -0.25) is 4.79 Å². The van der Waals surface area contributed by atoms with E-state index in [-0.39, 0.29) is 11.4 Å². The number of hydrogen-bond acceptors (Lipinski definition) is 5. The molecule has 3 rings (SSSR count). The topological polar surface area (TPSA) is 72.3 Å². The number of benzene rings is 1. The number of ether oxygens (including phenoxy) is 1. The Labute approximate surface area is 167 Å². The molecule has 1 atom stereocenters. The first kappa shape index (κ1) is 20.3. The molecular weight excluding hydrogens is 354 g/mol. The molecule has 28 heavy (non-hydrogen) atoms. The highest BCUT2D eigenvalue weighted by Gasteiger charge is 2.24. The van der Waals surface area contributed by atoms with Crippen LogP contribution in [0.1, 0.15) is 43.1 Å². The first-order valence-corrected chi connectivity index (χ1v) is 9.88. The van der Waals surface area contributed by atoms with Crippen molar-refractivity contribution in [2.75, 3.05) is 26.7 Å². The Hall–Kier alpha value is -2.41. The summed E-state index contributed by atoms with van der Waals surface area (Å²) in [6.45, 7) is 10.0. The highest BCUT2D eigenvalue weighted by Crippen LogP contribution is 2.27. The van der Waals surface area contributed by atoms with Gasteiger partial charge in [0.2, 0.25) is 0 Å².